The van der Waals surface area contributed by atoms with Gasteiger partial charge >= 0.3 is 5.76 Å². The quantitative estimate of drug-likeness (QED) is 0.921. The van der Waals surface area contributed by atoms with E-state index in [0.717, 1.165) is 5.56 Å². The van der Waals surface area contributed by atoms with Gasteiger partial charge in [-0.15, -0.1) is 0 Å². The number of anilines is 1. The number of sulfone groups is 1. The Kier molecular flexibility index (Phi) is 4.26. The van der Waals surface area contributed by atoms with E-state index in [0.29, 0.717) is 0 Å². The lowest BCUT2D eigenvalue weighted by Crippen LogP contribution is -2.15. The highest BCUT2D eigenvalue weighted by molar-refractivity contribution is 7.91. The third-order valence-electron chi connectivity index (χ3n) is 3.03. The van der Waals surface area contributed by atoms with Gasteiger partial charge in [0.15, 0.2) is 0 Å². The third-order valence-corrected chi connectivity index (χ3v) is 4.46. The lowest BCUT2D eigenvalue weighted by molar-refractivity contribution is 0.235. The number of hydrogen-bond donors (Lipinski definition) is 1. The molecule has 0 radical (unpaired) electrons. The van der Waals surface area contributed by atoms with Gasteiger partial charge in [-0.1, -0.05) is 12.1 Å². The molecule has 0 saturated heterocycles. The molecular weight excluding hydrogens is 300 g/mol. The molecule has 1 N–H and O–H groups in total. The van der Waals surface area contributed by atoms with E-state index in [1.54, 1.807) is 37.1 Å². The van der Waals surface area contributed by atoms with Crippen molar-refractivity contribution in [2.45, 2.75) is 23.6 Å². The number of nitrogens with one attached hydrogen (secondary N) is 1. The minimum absolute atomic E-state index is 0.147. The van der Waals surface area contributed by atoms with Crippen LogP contribution >= 0.6 is 0 Å². The van der Waals surface area contributed by atoms with Crippen LogP contribution < -0.4 is 5.32 Å². The Morgan fingerprint density at radius 1 is 1.29 bits per heavy atom. The Balaban J connectivity index is 2.33. The summed E-state index contributed by atoms with van der Waals surface area (Å²) in [6, 6.07) is 5.35. The first-order chi connectivity index (χ1) is 9.82. The van der Waals surface area contributed by atoms with Gasteiger partial charge in [-0.05, 0) is 19.1 Å². The van der Waals surface area contributed by atoms with Gasteiger partial charge in [0.2, 0.25) is 9.84 Å². The highest BCUT2D eigenvalue weighted by atomic mass is 32.2. The monoisotopic (exact) mass is 315 g/mol. The smallest absolute Gasteiger partial charge is 0.341 e. The fourth-order valence-corrected chi connectivity index (χ4v) is 2.80. The van der Waals surface area contributed by atoms with Crippen LogP contribution in [0.4, 0.5) is 14.5 Å². The summed E-state index contributed by atoms with van der Waals surface area (Å²) < 4.78 is 50.4. The van der Waals surface area contributed by atoms with Crippen molar-refractivity contribution < 1.29 is 17.2 Å². The average molecular weight is 315 g/mol. The van der Waals surface area contributed by atoms with E-state index >= 15 is 0 Å². The molecule has 2 rings (SSSR count). The fourth-order valence-electron chi connectivity index (χ4n) is 1.91. The first-order valence-corrected chi connectivity index (χ1v) is 7.73. The van der Waals surface area contributed by atoms with Crippen LogP contribution in [0.3, 0.4) is 0 Å². The molecule has 0 aliphatic carbocycles. The number of hydrogen-bond acceptors (Lipinski definition) is 4. The summed E-state index contributed by atoms with van der Waals surface area (Å²) >= 11 is 0. The summed E-state index contributed by atoms with van der Waals surface area (Å²) in [6.45, 7) is 1.79. The highest BCUT2D eigenvalue weighted by Gasteiger charge is 2.29. The van der Waals surface area contributed by atoms with E-state index in [4.69, 9.17) is 0 Å². The molecule has 0 fully saturated rings. The Morgan fingerprint density at radius 2 is 1.95 bits per heavy atom. The molecule has 0 bridgehead atoms. The molecule has 1 aromatic carbocycles. The number of aromatic nitrogens is 2. The summed E-state index contributed by atoms with van der Waals surface area (Å²) in [6.07, 6.45) is 3.39. The first-order valence-electron chi connectivity index (χ1n) is 6.18. The van der Waals surface area contributed by atoms with Gasteiger partial charge in [-0.2, -0.15) is 13.9 Å². The topological polar surface area (TPSA) is 64.0 Å². The second kappa shape index (κ2) is 5.80. The number of alkyl halides is 2. The van der Waals surface area contributed by atoms with Crippen molar-refractivity contribution in [3.05, 3.63) is 42.2 Å². The zero-order valence-electron chi connectivity index (χ0n) is 11.5. The molecule has 5 nitrogen and oxygen atoms in total. The molecule has 2 aromatic rings. The number of halogens is 2. The number of para-hydroxylation sites is 1. The predicted octanol–water partition coefficient (Wildman–Crippen LogP) is 2.59. The first kappa shape index (κ1) is 15.4. The predicted molar refractivity (Wildman–Crippen MR) is 74.9 cm³/mol. The van der Waals surface area contributed by atoms with E-state index < -0.39 is 20.5 Å². The maximum absolute atomic E-state index is 12.7. The Hall–Kier alpha value is -1.96. The Labute approximate surface area is 121 Å². The lowest BCUT2D eigenvalue weighted by atomic mass is 10.2. The molecule has 0 aliphatic rings. The highest BCUT2D eigenvalue weighted by Crippen LogP contribution is 2.28. The summed E-state index contributed by atoms with van der Waals surface area (Å²) in [5.74, 6) is -3.45. The second-order valence-electron chi connectivity index (χ2n) is 4.62. The number of aryl methyl sites for hydroxylation is 1. The summed E-state index contributed by atoms with van der Waals surface area (Å²) in [5, 5.41) is 6.95. The van der Waals surface area contributed by atoms with Gasteiger partial charge in [0.25, 0.3) is 0 Å². The molecule has 1 heterocycles. The third kappa shape index (κ3) is 3.21. The van der Waals surface area contributed by atoms with Crippen molar-refractivity contribution in [1.29, 1.82) is 0 Å². The summed E-state index contributed by atoms with van der Waals surface area (Å²) in [5.41, 5.74) is 0.968. The molecular formula is C13H15F2N3O2S. The van der Waals surface area contributed by atoms with Crippen molar-refractivity contribution in [3.8, 4) is 0 Å². The minimum atomic E-state index is -4.65. The van der Waals surface area contributed by atoms with Crippen LogP contribution in [0.5, 0.6) is 0 Å². The van der Waals surface area contributed by atoms with Crippen LogP contribution in [0, 0.1) is 0 Å². The van der Waals surface area contributed by atoms with Gasteiger partial charge in [0.05, 0.1) is 22.8 Å². The summed E-state index contributed by atoms with van der Waals surface area (Å²) in [7, 11) is -2.89. The van der Waals surface area contributed by atoms with E-state index in [9.17, 15) is 17.2 Å². The van der Waals surface area contributed by atoms with Crippen molar-refractivity contribution in [2.75, 3.05) is 5.32 Å². The van der Waals surface area contributed by atoms with E-state index in [1.807, 2.05) is 0 Å². The van der Waals surface area contributed by atoms with E-state index in [1.165, 1.54) is 18.2 Å². The molecule has 21 heavy (non-hydrogen) atoms. The van der Waals surface area contributed by atoms with Crippen LogP contribution in [-0.4, -0.2) is 24.0 Å². The van der Waals surface area contributed by atoms with E-state index in [-0.39, 0.29) is 11.7 Å². The molecule has 8 heteroatoms. The number of nitrogens with zero attached hydrogens (tertiary/aromatic N) is 2. The number of rotatable bonds is 5. The van der Waals surface area contributed by atoms with Gasteiger partial charge in [0.1, 0.15) is 0 Å². The molecule has 0 aliphatic heterocycles. The van der Waals surface area contributed by atoms with Crippen LogP contribution in [0.1, 0.15) is 18.5 Å². The van der Waals surface area contributed by atoms with Crippen LogP contribution in [-0.2, 0) is 16.9 Å². The maximum atomic E-state index is 12.7. The van der Waals surface area contributed by atoms with Crippen molar-refractivity contribution in [3.63, 3.8) is 0 Å². The largest absolute Gasteiger partial charge is 0.377 e. The molecule has 0 saturated carbocycles. The van der Waals surface area contributed by atoms with Crippen molar-refractivity contribution >= 4 is 15.5 Å². The van der Waals surface area contributed by atoms with Gasteiger partial charge in [-0.25, -0.2) is 8.42 Å². The molecule has 0 spiro atoms. The van der Waals surface area contributed by atoms with Gasteiger partial charge in [-0.3, -0.25) is 4.68 Å². The Bertz CT molecular complexity index is 729. The van der Waals surface area contributed by atoms with Crippen LogP contribution in [0.15, 0.2) is 41.6 Å². The molecule has 1 aromatic heterocycles. The standard InChI is InChI=1S/C13H15F2N3O2S/c1-9(10-7-16-18(2)8-10)17-11-5-3-4-6-12(11)21(19,20)13(14)15/h3-9,13,17H,1-2H3. The molecule has 0 amide bonds. The second-order valence-corrected chi connectivity index (χ2v) is 6.50. The fraction of sp³-hybridized carbons (Fsp3) is 0.308. The van der Waals surface area contributed by atoms with Crippen LogP contribution in [0.25, 0.3) is 0 Å². The Morgan fingerprint density at radius 3 is 2.52 bits per heavy atom. The normalized spacial score (nSPS) is 13.4. The van der Waals surface area contributed by atoms with E-state index in [2.05, 4.69) is 10.4 Å². The SMILES string of the molecule is CC(Nc1ccccc1S(=O)(=O)C(F)F)c1cnn(C)c1. The molecule has 1 atom stereocenters. The van der Waals surface area contributed by atoms with Gasteiger partial charge in [0, 0.05) is 18.8 Å². The zero-order valence-corrected chi connectivity index (χ0v) is 12.3. The van der Waals surface area contributed by atoms with Crippen molar-refractivity contribution in [2.24, 2.45) is 7.05 Å². The average Bonchev–Trinajstić information content (AvgIpc) is 2.86. The maximum Gasteiger partial charge on any atom is 0.341 e. The summed E-state index contributed by atoms with van der Waals surface area (Å²) in [4.78, 5) is -0.407. The lowest BCUT2D eigenvalue weighted by Gasteiger charge is -2.17. The molecule has 114 valence electrons. The minimum Gasteiger partial charge on any atom is -0.377 e. The van der Waals surface area contributed by atoms with Crippen LogP contribution in [0.2, 0.25) is 0 Å². The van der Waals surface area contributed by atoms with Crippen molar-refractivity contribution in [1.82, 2.24) is 9.78 Å². The zero-order chi connectivity index (χ0) is 15.6. The molecule has 1 unspecified atom stereocenters. The number of benzene rings is 1. The van der Waals surface area contributed by atoms with Gasteiger partial charge < -0.3 is 5.32 Å².